The summed E-state index contributed by atoms with van der Waals surface area (Å²) in [6, 6.07) is 12.0. The van der Waals surface area contributed by atoms with Crippen LogP contribution in [-0.2, 0) is 20.7 Å². The van der Waals surface area contributed by atoms with Gasteiger partial charge in [0.1, 0.15) is 23.4 Å². The van der Waals surface area contributed by atoms with Gasteiger partial charge in [0, 0.05) is 25.6 Å². The van der Waals surface area contributed by atoms with Gasteiger partial charge in [0.25, 0.3) is 11.7 Å². The third-order valence-electron chi connectivity index (χ3n) is 6.19. The number of aliphatic hydroxyl groups is 1. The van der Waals surface area contributed by atoms with Crippen LogP contribution in [0.4, 0.5) is 0 Å². The second-order valence-electron chi connectivity index (χ2n) is 8.71. The van der Waals surface area contributed by atoms with E-state index in [1.54, 1.807) is 19.2 Å². The average Bonchev–Trinajstić information content (AvgIpc) is 3.33. The molecule has 0 spiro atoms. The number of methoxy groups -OCH3 is 1. The quantitative estimate of drug-likeness (QED) is 0.258. The average molecular weight is 466 g/mol. The lowest BCUT2D eigenvalue weighted by Crippen LogP contribution is -2.32. The van der Waals surface area contributed by atoms with Gasteiger partial charge in [-0.3, -0.25) is 9.59 Å². The maximum atomic E-state index is 13.2. The molecule has 7 heteroatoms. The van der Waals surface area contributed by atoms with Crippen molar-refractivity contribution in [2.24, 2.45) is 0 Å². The van der Waals surface area contributed by atoms with Gasteiger partial charge in [0.15, 0.2) is 0 Å². The minimum absolute atomic E-state index is 0.0578. The number of unbranched alkanes of at least 4 members (excludes halogenated alkanes) is 1. The number of hydrogen-bond donors (Lipinski definition) is 1. The minimum atomic E-state index is -0.742. The summed E-state index contributed by atoms with van der Waals surface area (Å²) >= 11 is 0. The van der Waals surface area contributed by atoms with E-state index in [1.807, 2.05) is 37.3 Å². The number of nitrogens with zero attached hydrogens (tertiary/aromatic N) is 1. The molecule has 1 amide bonds. The highest BCUT2D eigenvalue weighted by Crippen LogP contribution is 2.41. The first kappa shape index (κ1) is 23.8. The van der Waals surface area contributed by atoms with E-state index in [-0.39, 0.29) is 30.6 Å². The molecule has 2 aliphatic rings. The van der Waals surface area contributed by atoms with Crippen LogP contribution < -0.4 is 9.47 Å². The molecule has 0 saturated carbocycles. The largest absolute Gasteiger partial charge is 0.507 e. The lowest BCUT2D eigenvalue weighted by Gasteiger charge is -2.25. The number of amides is 1. The van der Waals surface area contributed by atoms with Crippen molar-refractivity contribution >= 4 is 17.4 Å². The highest BCUT2D eigenvalue weighted by atomic mass is 16.5. The Morgan fingerprint density at radius 2 is 2.00 bits per heavy atom. The van der Waals surface area contributed by atoms with Gasteiger partial charge in [-0.25, -0.2) is 0 Å². The van der Waals surface area contributed by atoms with Crippen LogP contribution in [0.25, 0.3) is 5.76 Å². The van der Waals surface area contributed by atoms with E-state index in [0.717, 1.165) is 30.6 Å². The van der Waals surface area contributed by atoms with E-state index < -0.39 is 17.7 Å². The molecule has 1 saturated heterocycles. The predicted octanol–water partition coefficient (Wildman–Crippen LogP) is 4.26. The maximum Gasteiger partial charge on any atom is 0.295 e. The number of Topliss-reactive ketones (excluding diaryl/α,β-unsaturated/α-hetero) is 1. The Morgan fingerprint density at radius 1 is 1.18 bits per heavy atom. The molecule has 0 unspecified atom stereocenters. The number of aliphatic hydroxyl groups excluding tert-OH is 1. The summed E-state index contributed by atoms with van der Waals surface area (Å²) in [5.74, 6) is -0.118. The zero-order valence-corrected chi connectivity index (χ0v) is 19.9. The van der Waals surface area contributed by atoms with Crippen molar-refractivity contribution < 1.29 is 28.9 Å². The zero-order chi connectivity index (χ0) is 24.2. The number of ether oxygens (including phenoxy) is 3. The normalized spacial score (nSPS) is 21.0. The number of likely N-dealkylation sites (tertiary alicyclic amines) is 1. The first-order valence-corrected chi connectivity index (χ1v) is 11.7. The van der Waals surface area contributed by atoms with E-state index in [4.69, 9.17) is 14.2 Å². The van der Waals surface area contributed by atoms with Crippen molar-refractivity contribution in [3.63, 3.8) is 0 Å². The Morgan fingerprint density at radius 3 is 2.76 bits per heavy atom. The van der Waals surface area contributed by atoms with Crippen LogP contribution in [-0.4, -0.2) is 54.7 Å². The van der Waals surface area contributed by atoms with Crippen molar-refractivity contribution in [1.82, 2.24) is 4.90 Å². The molecule has 180 valence electrons. The van der Waals surface area contributed by atoms with Crippen LogP contribution in [0.3, 0.4) is 0 Å². The molecule has 1 fully saturated rings. The minimum Gasteiger partial charge on any atom is -0.507 e. The van der Waals surface area contributed by atoms with Gasteiger partial charge in [-0.2, -0.15) is 0 Å². The van der Waals surface area contributed by atoms with Crippen molar-refractivity contribution in [3.8, 4) is 11.5 Å². The number of ketones is 1. The topological polar surface area (TPSA) is 85.3 Å². The Hall–Kier alpha value is -3.32. The summed E-state index contributed by atoms with van der Waals surface area (Å²) < 4.78 is 16.8. The van der Waals surface area contributed by atoms with E-state index >= 15 is 0 Å². The number of fused-ring (bicyclic) bond motifs is 1. The lowest BCUT2D eigenvalue weighted by atomic mass is 9.94. The van der Waals surface area contributed by atoms with E-state index in [2.05, 4.69) is 6.92 Å². The van der Waals surface area contributed by atoms with Gasteiger partial charge >= 0.3 is 0 Å². The van der Waals surface area contributed by atoms with Crippen LogP contribution in [0.5, 0.6) is 11.5 Å². The first-order valence-electron chi connectivity index (χ1n) is 11.7. The first-order chi connectivity index (χ1) is 16.4. The summed E-state index contributed by atoms with van der Waals surface area (Å²) in [5.41, 5.74) is 2.22. The molecule has 2 atom stereocenters. The molecule has 1 N–H and O–H groups in total. The van der Waals surface area contributed by atoms with E-state index in [1.165, 1.54) is 4.90 Å². The van der Waals surface area contributed by atoms with Gasteiger partial charge in [-0.05, 0) is 54.8 Å². The fraction of sp³-hybridized carbons (Fsp3) is 0.407. The molecular weight excluding hydrogens is 434 g/mol. The van der Waals surface area contributed by atoms with Crippen molar-refractivity contribution in [2.75, 3.05) is 26.9 Å². The van der Waals surface area contributed by atoms with Gasteiger partial charge < -0.3 is 24.2 Å². The van der Waals surface area contributed by atoms with Crippen LogP contribution in [0.15, 0.2) is 48.0 Å². The summed E-state index contributed by atoms with van der Waals surface area (Å²) in [4.78, 5) is 27.6. The monoisotopic (exact) mass is 465 g/mol. The molecule has 2 aromatic rings. The van der Waals surface area contributed by atoms with E-state index in [9.17, 15) is 14.7 Å². The molecule has 0 aromatic heterocycles. The van der Waals surface area contributed by atoms with E-state index in [0.29, 0.717) is 23.5 Å². The molecule has 0 radical (unpaired) electrons. The smallest absolute Gasteiger partial charge is 0.295 e. The summed E-state index contributed by atoms with van der Waals surface area (Å²) in [6.07, 6.45) is 2.72. The van der Waals surface area contributed by atoms with Gasteiger partial charge in [0.2, 0.25) is 0 Å². The molecule has 0 aliphatic carbocycles. The standard InChI is InChI=1S/C27H31NO6/c1-4-5-12-33-21-8-6-7-18(16-21)24-23(26(30)27(31)28(24)11-13-32-3)25(29)19-9-10-22-20(15-19)14-17(2)34-22/h6-10,15-17,24,29H,4-5,11-14H2,1-3H3/t17-,24-/m0/s1. The summed E-state index contributed by atoms with van der Waals surface area (Å²) in [6.45, 7) is 5.15. The number of carbonyl (C=O) groups is 2. The fourth-order valence-corrected chi connectivity index (χ4v) is 4.48. The molecule has 4 rings (SSSR count). The highest BCUT2D eigenvalue weighted by molar-refractivity contribution is 6.46. The Balaban J connectivity index is 1.77. The Bertz CT molecular complexity index is 1110. The summed E-state index contributed by atoms with van der Waals surface area (Å²) in [7, 11) is 1.54. The Labute approximate surface area is 199 Å². The van der Waals surface area contributed by atoms with Crippen LogP contribution in [0.2, 0.25) is 0 Å². The van der Waals surface area contributed by atoms with Crippen molar-refractivity contribution in [3.05, 3.63) is 64.7 Å². The predicted molar refractivity (Wildman–Crippen MR) is 128 cm³/mol. The van der Waals surface area contributed by atoms with Gasteiger partial charge in [-0.15, -0.1) is 0 Å². The third kappa shape index (κ3) is 4.66. The highest BCUT2D eigenvalue weighted by Gasteiger charge is 2.46. The van der Waals surface area contributed by atoms with Crippen molar-refractivity contribution in [1.29, 1.82) is 0 Å². The second-order valence-corrected chi connectivity index (χ2v) is 8.71. The summed E-state index contributed by atoms with van der Waals surface area (Å²) in [5, 5.41) is 11.3. The Kier molecular flexibility index (Phi) is 7.22. The molecule has 2 aromatic carbocycles. The number of rotatable bonds is 9. The zero-order valence-electron chi connectivity index (χ0n) is 19.9. The number of carbonyl (C=O) groups excluding carboxylic acids is 2. The van der Waals surface area contributed by atoms with Crippen LogP contribution >= 0.6 is 0 Å². The van der Waals surface area contributed by atoms with Crippen LogP contribution in [0, 0.1) is 0 Å². The van der Waals surface area contributed by atoms with Gasteiger partial charge in [-0.1, -0.05) is 25.5 Å². The molecule has 2 heterocycles. The molecule has 34 heavy (non-hydrogen) atoms. The van der Waals surface area contributed by atoms with Crippen LogP contribution in [0.1, 0.15) is 49.4 Å². The molecule has 7 nitrogen and oxygen atoms in total. The lowest BCUT2D eigenvalue weighted by molar-refractivity contribution is -0.140. The molecule has 0 bridgehead atoms. The molecule has 2 aliphatic heterocycles. The SMILES string of the molecule is CCCCOc1cccc([C@H]2C(=C(O)c3ccc4c(c3)C[C@H](C)O4)C(=O)C(=O)N2CCOC)c1. The number of hydrogen-bond acceptors (Lipinski definition) is 6. The second kappa shape index (κ2) is 10.3. The number of benzene rings is 2. The molecular formula is C27H31NO6. The fourth-order valence-electron chi connectivity index (χ4n) is 4.48. The maximum absolute atomic E-state index is 13.2. The van der Waals surface area contributed by atoms with Crippen molar-refractivity contribution in [2.45, 2.75) is 45.3 Å². The van der Waals surface area contributed by atoms with Gasteiger partial charge in [0.05, 0.1) is 24.8 Å². The third-order valence-corrected chi connectivity index (χ3v) is 6.19.